The Hall–Kier alpha value is -1.77. The fraction of sp³-hybridized carbons (Fsp3) is 0.471. The van der Waals surface area contributed by atoms with Gasteiger partial charge < -0.3 is 9.47 Å². The van der Waals surface area contributed by atoms with E-state index in [1.807, 2.05) is 12.1 Å². The molecule has 3 heteroatoms. The Morgan fingerprint density at radius 1 is 1.30 bits per heavy atom. The van der Waals surface area contributed by atoms with Crippen molar-refractivity contribution in [3.05, 3.63) is 41.5 Å². The maximum absolute atomic E-state index is 11.5. The van der Waals surface area contributed by atoms with E-state index in [-0.39, 0.29) is 12.0 Å². The first-order chi connectivity index (χ1) is 9.25. The first-order valence-electron chi connectivity index (χ1n) is 6.84. The molecule has 0 fully saturated rings. The Labute approximate surface area is 121 Å². The molecule has 0 aliphatic rings. The quantitative estimate of drug-likeness (QED) is 0.606. The summed E-state index contributed by atoms with van der Waals surface area (Å²) in [5.41, 5.74) is 2.61. The van der Waals surface area contributed by atoms with Crippen LogP contribution < -0.4 is 4.74 Å². The molecule has 0 saturated heterocycles. The number of aryl methyl sites for hydroxylation is 1. The Kier molecular flexibility index (Phi) is 5.37. The van der Waals surface area contributed by atoms with Gasteiger partial charge in [-0.25, -0.2) is 4.79 Å². The zero-order valence-electron chi connectivity index (χ0n) is 13.1. The lowest BCUT2D eigenvalue weighted by Gasteiger charge is -2.23. The van der Waals surface area contributed by atoms with Crippen molar-refractivity contribution in [3.8, 4) is 5.75 Å². The van der Waals surface area contributed by atoms with Gasteiger partial charge in [0.2, 0.25) is 0 Å². The van der Waals surface area contributed by atoms with Crippen LogP contribution in [0, 0.1) is 6.92 Å². The molecule has 3 nitrogen and oxygen atoms in total. The molecule has 0 N–H and O–H groups in total. The second-order valence-electron chi connectivity index (χ2n) is 5.86. The van der Waals surface area contributed by atoms with Gasteiger partial charge in [0, 0.05) is 0 Å². The second kappa shape index (κ2) is 6.60. The molecular weight excluding hydrogens is 252 g/mol. The molecule has 0 heterocycles. The summed E-state index contributed by atoms with van der Waals surface area (Å²) in [5.74, 6) is 0.380. The van der Waals surface area contributed by atoms with E-state index in [2.05, 4.69) is 40.3 Å². The van der Waals surface area contributed by atoms with E-state index in [9.17, 15) is 4.79 Å². The zero-order valence-corrected chi connectivity index (χ0v) is 13.1. The summed E-state index contributed by atoms with van der Waals surface area (Å²) >= 11 is 0. The van der Waals surface area contributed by atoms with Crippen LogP contribution in [-0.4, -0.2) is 19.2 Å². The summed E-state index contributed by atoms with van der Waals surface area (Å²) in [6, 6.07) is 6.05. The highest BCUT2D eigenvalue weighted by atomic mass is 16.5. The third-order valence-electron chi connectivity index (χ3n) is 2.91. The van der Waals surface area contributed by atoms with Gasteiger partial charge in [-0.15, -0.1) is 0 Å². The Bertz CT molecular complexity index is 495. The summed E-state index contributed by atoms with van der Waals surface area (Å²) in [4.78, 5) is 11.5. The van der Waals surface area contributed by atoms with Crippen LogP contribution in [0.1, 0.15) is 38.8 Å². The number of carbonyl (C=O) groups is 1. The maximum atomic E-state index is 11.5. The van der Waals surface area contributed by atoms with Crippen LogP contribution in [0.5, 0.6) is 5.75 Å². The highest BCUT2D eigenvalue weighted by Crippen LogP contribution is 2.32. The molecule has 0 spiro atoms. The lowest BCUT2D eigenvalue weighted by atomic mass is 9.85. The number of esters is 1. The summed E-state index contributed by atoms with van der Waals surface area (Å²) in [6.45, 7) is 14.4. The number of rotatable bonds is 5. The molecule has 0 radical (unpaired) electrons. The van der Waals surface area contributed by atoms with E-state index in [1.165, 1.54) is 5.56 Å². The normalized spacial score (nSPS) is 11.1. The molecular formula is C17H24O3. The van der Waals surface area contributed by atoms with Gasteiger partial charge in [0.1, 0.15) is 12.4 Å². The molecule has 0 aliphatic heterocycles. The van der Waals surface area contributed by atoms with Crippen molar-refractivity contribution in [3.63, 3.8) is 0 Å². The third kappa shape index (κ3) is 4.41. The highest BCUT2D eigenvalue weighted by molar-refractivity contribution is 5.88. The fourth-order valence-electron chi connectivity index (χ4n) is 1.81. The molecule has 1 aromatic rings. The summed E-state index contributed by atoms with van der Waals surface area (Å²) in [6.07, 6.45) is 0. The standard InChI is InChI=1S/C17H24O3/c1-7-19-16(18)13(3)11-20-15-9-8-12(2)10-14(15)17(4,5)6/h8-10H,3,7,11H2,1-2,4-6H3. The first-order valence-corrected chi connectivity index (χ1v) is 6.84. The summed E-state index contributed by atoms with van der Waals surface area (Å²) < 4.78 is 10.6. The van der Waals surface area contributed by atoms with Gasteiger partial charge in [0.05, 0.1) is 12.2 Å². The van der Waals surface area contributed by atoms with Gasteiger partial charge in [-0.1, -0.05) is 45.0 Å². The number of ether oxygens (including phenoxy) is 2. The van der Waals surface area contributed by atoms with Gasteiger partial charge in [-0.2, -0.15) is 0 Å². The summed E-state index contributed by atoms with van der Waals surface area (Å²) in [7, 11) is 0. The van der Waals surface area contributed by atoms with Gasteiger partial charge in [0.25, 0.3) is 0 Å². The van der Waals surface area contributed by atoms with Crippen LogP contribution >= 0.6 is 0 Å². The van der Waals surface area contributed by atoms with Crippen LogP contribution in [0.4, 0.5) is 0 Å². The minimum absolute atomic E-state index is 0.0212. The molecule has 0 aliphatic carbocycles. The van der Waals surface area contributed by atoms with Crippen LogP contribution in [0.15, 0.2) is 30.4 Å². The lowest BCUT2D eigenvalue weighted by molar-refractivity contribution is -0.138. The Morgan fingerprint density at radius 3 is 2.50 bits per heavy atom. The van der Waals surface area contributed by atoms with E-state index in [0.717, 1.165) is 11.3 Å². The topological polar surface area (TPSA) is 35.5 Å². The van der Waals surface area contributed by atoms with Crippen molar-refractivity contribution in [2.45, 2.75) is 40.0 Å². The van der Waals surface area contributed by atoms with E-state index < -0.39 is 5.97 Å². The zero-order chi connectivity index (χ0) is 15.3. The monoisotopic (exact) mass is 276 g/mol. The SMILES string of the molecule is C=C(COc1ccc(C)cc1C(C)(C)C)C(=O)OCC. The molecule has 0 bridgehead atoms. The fourth-order valence-corrected chi connectivity index (χ4v) is 1.81. The van der Waals surface area contributed by atoms with Gasteiger partial charge in [0.15, 0.2) is 0 Å². The minimum atomic E-state index is -0.406. The van der Waals surface area contributed by atoms with Crippen molar-refractivity contribution in [1.29, 1.82) is 0 Å². The molecule has 1 aromatic carbocycles. The molecule has 110 valence electrons. The predicted molar refractivity (Wildman–Crippen MR) is 81.1 cm³/mol. The third-order valence-corrected chi connectivity index (χ3v) is 2.91. The van der Waals surface area contributed by atoms with Crippen LogP contribution in [0.2, 0.25) is 0 Å². The van der Waals surface area contributed by atoms with Crippen molar-refractivity contribution in [1.82, 2.24) is 0 Å². The largest absolute Gasteiger partial charge is 0.488 e. The molecule has 0 amide bonds. The molecule has 0 aromatic heterocycles. The molecule has 1 rings (SSSR count). The maximum Gasteiger partial charge on any atom is 0.336 e. The Morgan fingerprint density at radius 2 is 1.95 bits per heavy atom. The van der Waals surface area contributed by atoms with Gasteiger partial charge in [-0.05, 0) is 30.9 Å². The average Bonchev–Trinajstić information content (AvgIpc) is 2.36. The minimum Gasteiger partial charge on any atom is -0.488 e. The van der Waals surface area contributed by atoms with Crippen LogP contribution in [0.3, 0.4) is 0 Å². The van der Waals surface area contributed by atoms with Gasteiger partial charge >= 0.3 is 5.97 Å². The first kappa shape index (κ1) is 16.3. The van der Waals surface area contributed by atoms with E-state index in [1.54, 1.807) is 6.92 Å². The molecule has 0 atom stereocenters. The number of hydrogen-bond donors (Lipinski definition) is 0. The highest BCUT2D eigenvalue weighted by Gasteiger charge is 2.19. The molecule has 0 unspecified atom stereocenters. The van der Waals surface area contributed by atoms with E-state index in [0.29, 0.717) is 12.2 Å². The average molecular weight is 276 g/mol. The van der Waals surface area contributed by atoms with Crippen LogP contribution in [0.25, 0.3) is 0 Å². The number of benzene rings is 1. The van der Waals surface area contributed by atoms with Crippen molar-refractivity contribution < 1.29 is 14.3 Å². The van der Waals surface area contributed by atoms with E-state index >= 15 is 0 Å². The van der Waals surface area contributed by atoms with E-state index in [4.69, 9.17) is 9.47 Å². The van der Waals surface area contributed by atoms with Crippen molar-refractivity contribution in [2.75, 3.05) is 13.2 Å². The second-order valence-corrected chi connectivity index (χ2v) is 5.86. The smallest absolute Gasteiger partial charge is 0.336 e. The van der Waals surface area contributed by atoms with Crippen molar-refractivity contribution in [2.24, 2.45) is 0 Å². The van der Waals surface area contributed by atoms with Crippen LogP contribution in [-0.2, 0) is 14.9 Å². The Balaban J connectivity index is 2.83. The number of hydrogen-bond acceptors (Lipinski definition) is 3. The summed E-state index contributed by atoms with van der Waals surface area (Å²) in [5, 5.41) is 0. The molecule has 20 heavy (non-hydrogen) atoms. The number of carbonyl (C=O) groups excluding carboxylic acids is 1. The molecule has 0 saturated carbocycles. The predicted octanol–water partition coefficient (Wildman–Crippen LogP) is 3.79. The lowest BCUT2D eigenvalue weighted by Crippen LogP contribution is -2.17. The van der Waals surface area contributed by atoms with Gasteiger partial charge in [-0.3, -0.25) is 0 Å². The van der Waals surface area contributed by atoms with Crippen molar-refractivity contribution >= 4 is 5.97 Å².